The van der Waals surface area contributed by atoms with Crippen LogP contribution < -0.4 is 0 Å². The van der Waals surface area contributed by atoms with E-state index in [-0.39, 0.29) is 4.70 Å². The molecule has 0 amide bonds. The van der Waals surface area contributed by atoms with Crippen molar-refractivity contribution in [2.45, 2.75) is 233 Å². The molecule has 0 bridgehead atoms. The summed E-state index contributed by atoms with van der Waals surface area (Å²) in [4.78, 5) is 0. The first-order valence-corrected chi connectivity index (χ1v) is 23.4. The zero-order valence-corrected chi connectivity index (χ0v) is 34.5. The summed E-state index contributed by atoms with van der Waals surface area (Å²) < 4.78 is 6.15. The topological polar surface area (TPSA) is 6.48 Å². The Labute approximate surface area is 301 Å². The second-order valence-corrected chi connectivity index (χ2v) is 18.7. The van der Waals surface area contributed by atoms with Gasteiger partial charge >= 0.3 is 299 Å². The van der Waals surface area contributed by atoms with E-state index < -0.39 is 37.5 Å². The van der Waals surface area contributed by atoms with Crippen LogP contribution in [0, 0.1) is 37.5 Å². The summed E-state index contributed by atoms with van der Waals surface area (Å²) in [6.45, 7) is 15.0. The van der Waals surface area contributed by atoms with Gasteiger partial charge < -0.3 is 0 Å². The number of hydrogen-bond donors (Lipinski definition) is 0. The Morgan fingerprint density at radius 1 is 0.250 bits per heavy atom. The minimum atomic E-state index is -0.910. The summed E-state index contributed by atoms with van der Waals surface area (Å²) in [5.41, 5.74) is 0. The van der Waals surface area contributed by atoms with Crippen molar-refractivity contribution in [3.8, 4) is 0 Å². The molecule has 2 nitrogen and oxygen atoms in total. The minimum absolute atomic E-state index is 0. The Kier molecular flexibility index (Phi) is 45.4. The van der Waals surface area contributed by atoms with Crippen LogP contribution in [0.2, 0.25) is 0 Å². The molecule has 0 aromatic carbocycles. The molecule has 44 heavy (non-hydrogen) atoms. The van der Waals surface area contributed by atoms with Gasteiger partial charge in [0.1, 0.15) is 0 Å². The summed E-state index contributed by atoms with van der Waals surface area (Å²) in [5, 5.41) is 0. The molecule has 0 N–H and O–H groups in total. The predicted octanol–water partition coefficient (Wildman–Crippen LogP) is 14.2. The Balaban J connectivity index is 0. The van der Waals surface area contributed by atoms with Gasteiger partial charge in [-0.2, -0.15) is 0 Å². The molecule has 4 heteroatoms. The Morgan fingerprint density at radius 2 is 0.409 bits per heavy atom. The minimum Gasteiger partial charge on any atom is -0.269 e. The number of hydrogen-bond acceptors (Lipinski definition) is 2. The maximum Gasteiger partial charge on any atom is -0.269 e. The molecule has 0 unspecified atom stereocenters. The van der Waals surface area contributed by atoms with Crippen molar-refractivity contribution in [1.29, 1.82) is 0 Å². The summed E-state index contributed by atoms with van der Waals surface area (Å²) in [5.74, 6) is 0. The number of halogens is 1. The molecule has 0 aromatic rings. The monoisotopic (exact) mass is 755 g/mol. The molecule has 0 atom stereocenters. The van der Waals surface area contributed by atoms with Crippen molar-refractivity contribution >= 4 is 0 Å². The van der Waals surface area contributed by atoms with Crippen LogP contribution >= 0.6 is 0 Å². The van der Waals surface area contributed by atoms with E-state index in [1.807, 2.05) is 0 Å². The van der Waals surface area contributed by atoms with Gasteiger partial charge in [0.25, 0.3) is 0 Å². The van der Waals surface area contributed by atoms with E-state index in [1.54, 1.807) is 0 Å². The van der Waals surface area contributed by atoms with Crippen LogP contribution in [-0.2, 0) is 0 Å². The van der Waals surface area contributed by atoms with Crippen LogP contribution in [0.1, 0.15) is 233 Å². The second-order valence-electron chi connectivity index (χ2n) is 14.0. The fourth-order valence-electron chi connectivity index (χ4n) is 6.37. The summed E-state index contributed by atoms with van der Waals surface area (Å²) >= 11 is -0.910. The first-order chi connectivity index (χ1) is 21.3. The maximum atomic E-state index is 3.07. The molecule has 0 aliphatic heterocycles. The van der Waals surface area contributed by atoms with Gasteiger partial charge in [0, 0.05) is 0 Å². The van der Waals surface area contributed by atoms with Crippen molar-refractivity contribution in [2.75, 3.05) is 26.2 Å². The SMILES string of the molecule is CCCCCCCCCC[N](CCCCCCCCCC)[Nd][N](CCCCCCCCCC)CCCCCCCCCC.F. The van der Waals surface area contributed by atoms with E-state index in [0.717, 1.165) is 0 Å². The van der Waals surface area contributed by atoms with E-state index in [1.165, 1.54) is 232 Å². The second kappa shape index (κ2) is 42.2. The molecule has 266 valence electrons. The molecular formula is C40H85FN2Nd. The summed E-state index contributed by atoms with van der Waals surface area (Å²) in [6.07, 6.45) is 46.5. The smallest absolute Gasteiger partial charge is 0.269 e. The van der Waals surface area contributed by atoms with E-state index in [0.29, 0.717) is 0 Å². The fraction of sp³-hybridized carbons (Fsp3) is 1.00. The average Bonchev–Trinajstić information content (AvgIpc) is 3.01. The van der Waals surface area contributed by atoms with Crippen molar-refractivity contribution in [1.82, 2.24) is 1.97 Å². The molecule has 0 saturated heterocycles. The molecule has 0 aliphatic carbocycles. The zero-order valence-electron chi connectivity index (χ0n) is 31.3. The molecule has 0 aliphatic rings. The first kappa shape index (κ1) is 47.3. The molecule has 0 saturated carbocycles. The van der Waals surface area contributed by atoms with E-state index in [9.17, 15) is 0 Å². The van der Waals surface area contributed by atoms with E-state index in [4.69, 9.17) is 0 Å². The van der Waals surface area contributed by atoms with Crippen LogP contribution in [0.5, 0.6) is 0 Å². The summed E-state index contributed by atoms with van der Waals surface area (Å²) in [7, 11) is 0. The third kappa shape index (κ3) is 37.7. The first-order valence-electron chi connectivity index (χ1n) is 20.5. The zero-order chi connectivity index (χ0) is 31.3. The molecule has 0 aromatic heterocycles. The van der Waals surface area contributed by atoms with Crippen LogP contribution in [-0.4, -0.2) is 28.1 Å². The molecule has 0 spiro atoms. The number of nitrogens with zero attached hydrogens (tertiary/aromatic N) is 2. The maximum absolute atomic E-state index is 3.07. The van der Waals surface area contributed by atoms with Crippen LogP contribution in [0.3, 0.4) is 0 Å². The van der Waals surface area contributed by atoms with Gasteiger partial charge in [0.15, 0.2) is 0 Å². The van der Waals surface area contributed by atoms with Crippen molar-refractivity contribution in [2.24, 2.45) is 0 Å². The number of unbranched alkanes of at least 4 members (excludes halogenated alkanes) is 28. The van der Waals surface area contributed by atoms with Crippen LogP contribution in [0.4, 0.5) is 4.70 Å². The molecule has 0 rings (SSSR count). The van der Waals surface area contributed by atoms with Gasteiger partial charge in [-0.15, -0.1) is 0 Å². The van der Waals surface area contributed by atoms with Crippen molar-refractivity contribution < 1.29 is 42.2 Å². The Hall–Kier alpha value is 1.20. The molecule has 0 radical (unpaired) electrons. The van der Waals surface area contributed by atoms with Crippen molar-refractivity contribution in [3.63, 3.8) is 0 Å². The van der Waals surface area contributed by atoms with Gasteiger partial charge in [0.2, 0.25) is 0 Å². The van der Waals surface area contributed by atoms with Crippen LogP contribution in [0.25, 0.3) is 0 Å². The standard InChI is InChI=1S/2C20H42N.FH.Nd/c2*1-3-5-7-9-11-13-15-17-19-21-20-18-16-14-12-10-8-6-4-2;;/h2*3-20H2,1-2H3;1H;/q2*-1;;+2. The van der Waals surface area contributed by atoms with Crippen LogP contribution in [0.15, 0.2) is 0 Å². The van der Waals surface area contributed by atoms with E-state index >= 15 is 0 Å². The largest absolute Gasteiger partial charge is 0.269 e. The molecular weight excluding hydrogens is 672 g/mol. The fourth-order valence-corrected chi connectivity index (χ4v) is 11.0. The predicted molar refractivity (Wildman–Crippen MR) is 196 cm³/mol. The van der Waals surface area contributed by atoms with Gasteiger partial charge in [-0.3, -0.25) is 4.70 Å². The normalized spacial score (nSPS) is 11.5. The summed E-state index contributed by atoms with van der Waals surface area (Å²) in [6, 6.07) is 0. The third-order valence-electron chi connectivity index (χ3n) is 9.41. The molecule has 0 fully saturated rings. The average molecular weight is 757 g/mol. The third-order valence-corrected chi connectivity index (χ3v) is 14.1. The van der Waals surface area contributed by atoms with Gasteiger partial charge in [0.05, 0.1) is 0 Å². The van der Waals surface area contributed by atoms with Gasteiger partial charge in [-0.05, 0) is 0 Å². The van der Waals surface area contributed by atoms with Gasteiger partial charge in [-0.1, -0.05) is 0 Å². The van der Waals surface area contributed by atoms with E-state index in [2.05, 4.69) is 29.7 Å². The quantitative estimate of drug-likeness (QED) is 0.0579. The van der Waals surface area contributed by atoms with Crippen molar-refractivity contribution in [3.05, 3.63) is 0 Å². The Morgan fingerprint density at radius 3 is 0.591 bits per heavy atom. The number of rotatable bonds is 38. The van der Waals surface area contributed by atoms with Gasteiger partial charge in [-0.25, -0.2) is 0 Å². The Bertz CT molecular complexity index is 410. The molecule has 0 heterocycles.